The van der Waals surface area contributed by atoms with Gasteiger partial charge in [-0.05, 0) is 29.7 Å². The number of anilines is 1. The molecule has 5 heteroatoms. The van der Waals surface area contributed by atoms with Crippen molar-refractivity contribution in [3.8, 4) is 11.5 Å². The van der Waals surface area contributed by atoms with Gasteiger partial charge in [-0.1, -0.05) is 12.1 Å². The van der Waals surface area contributed by atoms with Crippen molar-refractivity contribution in [3.05, 3.63) is 36.0 Å². The Morgan fingerprint density at radius 3 is 2.87 bits per heavy atom. The highest BCUT2D eigenvalue weighted by atomic mass is 32.1. The van der Waals surface area contributed by atoms with E-state index in [1.54, 1.807) is 30.3 Å². The molecule has 3 N–H and O–H groups in total. The Bertz CT molecular complexity index is 456. The van der Waals surface area contributed by atoms with Crippen molar-refractivity contribution in [2.45, 2.75) is 6.61 Å². The zero-order valence-electron chi connectivity index (χ0n) is 7.88. The topological polar surface area (TPSA) is 68.4 Å². The fourth-order valence-electron chi connectivity index (χ4n) is 1.13. The second-order valence-electron chi connectivity index (χ2n) is 2.98. The van der Waals surface area contributed by atoms with Crippen LogP contribution in [0.5, 0.6) is 11.5 Å². The van der Waals surface area contributed by atoms with Gasteiger partial charge in [0.2, 0.25) is 0 Å². The van der Waals surface area contributed by atoms with Crippen LogP contribution < -0.4 is 10.5 Å². The maximum absolute atomic E-state index is 9.43. The summed E-state index contributed by atoms with van der Waals surface area (Å²) in [5, 5.41) is 10.1. The third-order valence-electron chi connectivity index (χ3n) is 1.82. The first-order valence-corrected chi connectivity index (χ1v) is 5.15. The normalized spacial score (nSPS) is 10.1. The van der Waals surface area contributed by atoms with E-state index in [4.69, 9.17) is 10.5 Å². The Kier molecular flexibility index (Phi) is 2.73. The Morgan fingerprint density at radius 1 is 1.40 bits per heavy atom. The van der Waals surface area contributed by atoms with Gasteiger partial charge in [-0.3, -0.25) is 0 Å². The molecule has 0 radical (unpaired) electrons. The maximum Gasteiger partial charge on any atom is 0.161 e. The third-order valence-corrected chi connectivity index (χ3v) is 2.47. The van der Waals surface area contributed by atoms with E-state index in [1.807, 2.05) is 0 Å². The molecule has 0 saturated carbocycles. The van der Waals surface area contributed by atoms with Gasteiger partial charge in [0.15, 0.2) is 11.5 Å². The van der Waals surface area contributed by atoms with E-state index in [2.05, 4.69) is 4.37 Å². The molecule has 4 nitrogen and oxygen atoms in total. The average Bonchev–Trinajstić information content (AvgIpc) is 2.63. The number of para-hydroxylation sites is 2. The Morgan fingerprint density at radius 2 is 2.20 bits per heavy atom. The van der Waals surface area contributed by atoms with Crippen LogP contribution >= 0.6 is 11.5 Å². The van der Waals surface area contributed by atoms with Gasteiger partial charge < -0.3 is 15.6 Å². The van der Waals surface area contributed by atoms with E-state index in [9.17, 15) is 5.11 Å². The van der Waals surface area contributed by atoms with Crippen molar-refractivity contribution in [1.82, 2.24) is 4.37 Å². The zero-order valence-corrected chi connectivity index (χ0v) is 8.70. The number of aromatic nitrogens is 1. The molecule has 0 aliphatic rings. The SMILES string of the molecule is Nc1cc(COc2ccccc2O)ns1. The van der Waals surface area contributed by atoms with Crippen LogP contribution in [0.3, 0.4) is 0 Å². The van der Waals surface area contributed by atoms with Gasteiger partial charge >= 0.3 is 0 Å². The molecule has 15 heavy (non-hydrogen) atoms. The summed E-state index contributed by atoms with van der Waals surface area (Å²) < 4.78 is 9.45. The summed E-state index contributed by atoms with van der Waals surface area (Å²) in [6.07, 6.45) is 0. The lowest BCUT2D eigenvalue weighted by atomic mass is 10.3. The largest absolute Gasteiger partial charge is 0.504 e. The second-order valence-corrected chi connectivity index (χ2v) is 3.81. The molecule has 0 aliphatic heterocycles. The fourth-order valence-corrected chi connectivity index (χ4v) is 1.64. The van der Waals surface area contributed by atoms with Crippen LogP contribution in [0.4, 0.5) is 5.00 Å². The molecule has 2 rings (SSSR count). The fraction of sp³-hybridized carbons (Fsp3) is 0.100. The Balaban J connectivity index is 2.02. The highest BCUT2D eigenvalue weighted by molar-refractivity contribution is 7.09. The lowest BCUT2D eigenvalue weighted by molar-refractivity contribution is 0.286. The first-order valence-electron chi connectivity index (χ1n) is 4.37. The number of rotatable bonds is 3. The summed E-state index contributed by atoms with van der Waals surface area (Å²) in [7, 11) is 0. The average molecular weight is 222 g/mol. The van der Waals surface area contributed by atoms with Gasteiger partial charge in [-0.15, -0.1) is 0 Å². The predicted octanol–water partition coefficient (Wildman–Crippen LogP) is 2.01. The smallest absolute Gasteiger partial charge is 0.161 e. The number of hydrogen-bond acceptors (Lipinski definition) is 5. The van der Waals surface area contributed by atoms with Crippen LogP contribution in [0.1, 0.15) is 5.69 Å². The highest BCUT2D eigenvalue weighted by Crippen LogP contribution is 2.25. The van der Waals surface area contributed by atoms with Crippen molar-refractivity contribution in [1.29, 1.82) is 0 Å². The van der Waals surface area contributed by atoms with E-state index in [0.29, 0.717) is 17.4 Å². The number of ether oxygens (including phenoxy) is 1. The summed E-state index contributed by atoms with van der Waals surface area (Å²) in [4.78, 5) is 0. The van der Waals surface area contributed by atoms with Crippen molar-refractivity contribution in [2.75, 3.05) is 5.73 Å². The molecule has 0 bridgehead atoms. The van der Waals surface area contributed by atoms with Gasteiger partial charge in [0.05, 0.1) is 5.69 Å². The summed E-state index contributed by atoms with van der Waals surface area (Å²) in [5.41, 5.74) is 6.29. The maximum atomic E-state index is 9.43. The summed E-state index contributed by atoms with van der Waals surface area (Å²) in [5.74, 6) is 0.574. The number of phenols is 1. The minimum atomic E-state index is 0.126. The minimum absolute atomic E-state index is 0.126. The summed E-state index contributed by atoms with van der Waals surface area (Å²) in [6.45, 7) is 0.311. The van der Waals surface area contributed by atoms with E-state index >= 15 is 0 Å². The molecule has 1 aromatic heterocycles. The number of aromatic hydroxyl groups is 1. The van der Waals surface area contributed by atoms with Crippen LogP contribution in [0.25, 0.3) is 0 Å². The molecule has 0 amide bonds. The summed E-state index contributed by atoms with van der Waals surface area (Å²) >= 11 is 1.23. The lowest BCUT2D eigenvalue weighted by Crippen LogP contribution is -1.95. The van der Waals surface area contributed by atoms with Crippen molar-refractivity contribution in [2.24, 2.45) is 0 Å². The highest BCUT2D eigenvalue weighted by Gasteiger charge is 2.03. The first-order chi connectivity index (χ1) is 7.25. The van der Waals surface area contributed by atoms with E-state index < -0.39 is 0 Å². The van der Waals surface area contributed by atoms with E-state index in [-0.39, 0.29) is 5.75 Å². The molecule has 1 heterocycles. The minimum Gasteiger partial charge on any atom is -0.504 e. The number of nitrogens with zero attached hydrogens (tertiary/aromatic N) is 1. The molecule has 0 aliphatic carbocycles. The molecule has 0 fully saturated rings. The zero-order chi connectivity index (χ0) is 10.7. The number of nitrogens with two attached hydrogens (primary N) is 1. The van der Waals surface area contributed by atoms with Gasteiger partial charge in [0.25, 0.3) is 0 Å². The monoisotopic (exact) mass is 222 g/mol. The van der Waals surface area contributed by atoms with Crippen molar-refractivity contribution < 1.29 is 9.84 Å². The van der Waals surface area contributed by atoms with Gasteiger partial charge in [0, 0.05) is 0 Å². The Hall–Kier alpha value is -1.75. The Labute approximate surface area is 91.1 Å². The molecule has 0 spiro atoms. The van der Waals surface area contributed by atoms with Crippen LogP contribution in [0.15, 0.2) is 30.3 Å². The molecule has 1 aromatic carbocycles. The molecule has 78 valence electrons. The van der Waals surface area contributed by atoms with Crippen LogP contribution in [0, 0.1) is 0 Å². The third kappa shape index (κ3) is 2.38. The van der Waals surface area contributed by atoms with Gasteiger partial charge in [-0.25, -0.2) is 0 Å². The lowest BCUT2D eigenvalue weighted by Gasteiger charge is -2.05. The van der Waals surface area contributed by atoms with Crippen LogP contribution in [-0.4, -0.2) is 9.48 Å². The predicted molar refractivity (Wildman–Crippen MR) is 59.0 cm³/mol. The first kappa shape index (κ1) is 9.79. The quantitative estimate of drug-likeness (QED) is 0.833. The van der Waals surface area contributed by atoms with Crippen molar-refractivity contribution >= 4 is 16.5 Å². The molecular weight excluding hydrogens is 212 g/mol. The molecule has 2 aromatic rings. The molecular formula is C10H10N2O2S. The number of phenolic OH excluding ortho intramolecular Hbond substituents is 1. The van der Waals surface area contributed by atoms with E-state index in [1.165, 1.54) is 11.5 Å². The van der Waals surface area contributed by atoms with Crippen molar-refractivity contribution in [3.63, 3.8) is 0 Å². The second kappa shape index (κ2) is 4.18. The van der Waals surface area contributed by atoms with Gasteiger partial charge in [0.1, 0.15) is 11.6 Å². The molecule has 0 atom stereocenters. The standard InChI is InChI=1S/C10H10N2O2S/c11-10-5-7(12-15-10)6-14-9-4-2-1-3-8(9)13/h1-5,13H,6,11H2. The summed E-state index contributed by atoms with van der Waals surface area (Å²) in [6, 6.07) is 8.56. The number of hydrogen-bond donors (Lipinski definition) is 2. The van der Waals surface area contributed by atoms with Crippen LogP contribution in [-0.2, 0) is 6.61 Å². The number of nitrogen functional groups attached to an aromatic ring is 1. The van der Waals surface area contributed by atoms with Gasteiger partial charge in [-0.2, -0.15) is 4.37 Å². The van der Waals surface area contributed by atoms with Crippen LogP contribution in [0.2, 0.25) is 0 Å². The number of benzene rings is 1. The van der Waals surface area contributed by atoms with E-state index in [0.717, 1.165) is 5.69 Å². The molecule has 0 saturated heterocycles. The molecule has 0 unspecified atom stereocenters.